The van der Waals surface area contributed by atoms with Gasteiger partial charge in [-0.2, -0.15) is 15.0 Å². The molecule has 0 aliphatic carbocycles. The van der Waals surface area contributed by atoms with Gasteiger partial charge in [0.2, 0.25) is 11.9 Å². The third-order valence-corrected chi connectivity index (χ3v) is 3.27. The van der Waals surface area contributed by atoms with E-state index in [1.54, 1.807) is 11.8 Å². The highest BCUT2D eigenvalue weighted by molar-refractivity contribution is 7.99. The Morgan fingerprint density at radius 2 is 1.88 bits per heavy atom. The monoisotopic (exact) mass is 256 g/mol. The van der Waals surface area contributed by atoms with Gasteiger partial charge in [0.15, 0.2) is 5.16 Å². The number of nitrogens with two attached hydrogens (primary N) is 1. The first-order chi connectivity index (χ1) is 8.24. The summed E-state index contributed by atoms with van der Waals surface area (Å²) in [5, 5.41) is 0.719. The van der Waals surface area contributed by atoms with E-state index in [1.807, 2.05) is 0 Å². The highest BCUT2D eigenvalue weighted by Gasteiger charge is 2.10. The van der Waals surface area contributed by atoms with Gasteiger partial charge in [-0.25, -0.2) is 5.84 Å². The van der Waals surface area contributed by atoms with Crippen LogP contribution in [0.1, 0.15) is 27.2 Å². The molecule has 0 fully saturated rings. The van der Waals surface area contributed by atoms with Crippen LogP contribution in [0.3, 0.4) is 0 Å². The summed E-state index contributed by atoms with van der Waals surface area (Å²) in [6, 6.07) is 0. The van der Waals surface area contributed by atoms with E-state index in [-0.39, 0.29) is 0 Å². The third kappa shape index (κ3) is 4.01. The summed E-state index contributed by atoms with van der Waals surface area (Å²) in [5.74, 6) is 7.46. The number of nitrogen functional groups attached to an aromatic ring is 1. The topological polar surface area (TPSA) is 80.0 Å². The summed E-state index contributed by atoms with van der Waals surface area (Å²) in [6.07, 6.45) is 1.09. The van der Waals surface area contributed by atoms with Crippen molar-refractivity contribution < 1.29 is 0 Å². The molecule has 7 heteroatoms. The molecule has 1 aromatic rings. The molecule has 1 heterocycles. The number of nitrogens with zero attached hydrogens (tertiary/aromatic N) is 4. The van der Waals surface area contributed by atoms with Crippen LogP contribution in [0.25, 0.3) is 0 Å². The normalized spacial score (nSPS) is 10.4. The zero-order valence-electron chi connectivity index (χ0n) is 10.6. The van der Waals surface area contributed by atoms with Gasteiger partial charge < -0.3 is 4.90 Å². The van der Waals surface area contributed by atoms with Crippen LogP contribution in [0.2, 0.25) is 0 Å². The van der Waals surface area contributed by atoms with E-state index >= 15 is 0 Å². The highest BCUT2D eigenvalue weighted by atomic mass is 32.2. The van der Waals surface area contributed by atoms with Crippen LogP contribution in [-0.2, 0) is 0 Å². The van der Waals surface area contributed by atoms with Gasteiger partial charge in [-0.05, 0) is 20.3 Å². The second kappa shape index (κ2) is 7.29. The lowest BCUT2D eigenvalue weighted by atomic mass is 10.5. The maximum Gasteiger partial charge on any atom is 0.242 e. The molecular formula is C10H20N6S. The van der Waals surface area contributed by atoms with Crippen LogP contribution < -0.4 is 16.2 Å². The molecule has 0 aliphatic rings. The maximum absolute atomic E-state index is 5.37. The van der Waals surface area contributed by atoms with E-state index in [0.29, 0.717) is 11.9 Å². The molecule has 17 heavy (non-hydrogen) atoms. The Hall–Kier alpha value is -1.08. The molecule has 0 saturated carbocycles. The molecule has 0 aromatic carbocycles. The van der Waals surface area contributed by atoms with Crippen molar-refractivity contribution in [1.82, 2.24) is 15.0 Å². The Balaban J connectivity index is 2.95. The molecule has 0 bridgehead atoms. The summed E-state index contributed by atoms with van der Waals surface area (Å²) < 4.78 is 0. The minimum atomic E-state index is 0.417. The summed E-state index contributed by atoms with van der Waals surface area (Å²) in [6.45, 7) is 8.00. The first kappa shape index (κ1) is 14.0. The molecule has 0 amide bonds. The number of nitrogens with one attached hydrogen (secondary N) is 1. The number of anilines is 2. The van der Waals surface area contributed by atoms with Crippen LogP contribution in [0.15, 0.2) is 5.16 Å². The molecular weight excluding hydrogens is 236 g/mol. The minimum Gasteiger partial charge on any atom is -0.341 e. The number of thioether (sulfide) groups is 1. The van der Waals surface area contributed by atoms with E-state index in [0.717, 1.165) is 30.4 Å². The lowest BCUT2D eigenvalue weighted by Crippen LogP contribution is -2.25. The number of aromatic nitrogens is 3. The molecule has 1 aromatic heterocycles. The number of hydrazine groups is 1. The third-order valence-electron chi connectivity index (χ3n) is 2.21. The quantitative estimate of drug-likeness (QED) is 0.435. The van der Waals surface area contributed by atoms with Crippen molar-refractivity contribution >= 4 is 23.7 Å². The van der Waals surface area contributed by atoms with Gasteiger partial charge >= 0.3 is 0 Å². The second-order valence-corrected chi connectivity index (χ2v) is 4.47. The first-order valence-electron chi connectivity index (χ1n) is 5.85. The van der Waals surface area contributed by atoms with E-state index in [9.17, 15) is 0 Å². The zero-order valence-corrected chi connectivity index (χ0v) is 11.4. The SMILES string of the molecule is CCCSc1nc(NN)nc(N(CC)CC)n1. The molecule has 0 unspecified atom stereocenters. The Morgan fingerprint density at radius 3 is 2.41 bits per heavy atom. The van der Waals surface area contributed by atoms with Gasteiger partial charge in [-0.15, -0.1) is 0 Å². The number of hydrogen-bond donors (Lipinski definition) is 2. The van der Waals surface area contributed by atoms with Crippen molar-refractivity contribution in [2.24, 2.45) is 5.84 Å². The second-order valence-electron chi connectivity index (χ2n) is 3.41. The molecule has 0 spiro atoms. The van der Waals surface area contributed by atoms with Gasteiger partial charge in [0.05, 0.1) is 0 Å². The Kier molecular flexibility index (Phi) is 5.99. The van der Waals surface area contributed by atoms with Crippen molar-refractivity contribution in [3.63, 3.8) is 0 Å². The van der Waals surface area contributed by atoms with E-state index in [2.05, 4.69) is 46.0 Å². The summed E-state index contributed by atoms with van der Waals surface area (Å²) >= 11 is 1.62. The summed E-state index contributed by atoms with van der Waals surface area (Å²) in [5.41, 5.74) is 2.49. The summed E-state index contributed by atoms with van der Waals surface area (Å²) in [7, 11) is 0. The fraction of sp³-hybridized carbons (Fsp3) is 0.700. The molecule has 96 valence electrons. The van der Waals surface area contributed by atoms with Crippen molar-refractivity contribution in [2.75, 3.05) is 29.2 Å². The van der Waals surface area contributed by atoms with Crippen LogP contribution in [0, 0.1) is 0 Å². The first-order valence-corrected chi connectivity index (χ1v) is 6.84. The maximum atomic E-state index is 5.37. The van der Waals surface area contributed by atoms with Gasteiger partial charge in [-0.3, -0.25) is 5.43 Å². The predicted molar refractivity (Wildman–Crippen MR) is 72.2 cm³/mol. The van der Waals surface area contributed by atoms with Crippen LogP contribution in [0.5, 0.6) is 0 Å². The van der Waals surface area contributed by atoms with E-state index in [1.165, 1.54) is 0 Å². The molecule has 0 radical (unpaired) electrons. The van der Waals surface area contributed by atoms with Gasteiger partial charge in [-0.1, -0.05) is 18.7 Å². The highest BCUT2D eigenvalue weighted by Crippen LogP contribution is 2.18. The molecule has 0 aliphatic heterocycles. The Morgan fingerprint density at radius 1 is 1.18 bits per heavy atom. The smallest absolute Gasteiger partial charge is 0.242 e. The summed E-state index contributed by atoms with van der Waals surface area (Å²) in [4.78, 5) is 15.0. The number of hydrogen-bond acceptors (Lipinski definition) is 7. The molecule has 0 atom stereocenters. The lowest BCUT2D eigenvalue weighted by Gasteiger charge is -2.19. The van der Waals surface area contributed by atoms with Gasteiger partial charge in [0.25, 0.3) is 0 Å². The van der Waals surface area contributed by atoms with E-state index in [4.69, 9.17) is 5.84 Å². The Bertz CT molecular complexity index is 342. The Labute approximate surface area is 106 Å². The molecule has 3 N–H and O–H groups in total. The average molecular weight is 256 g/mol. The van der Waals surface area contributed by atoms with Crippen molar-refractivity contribution in [3.05, 3.63) is 0 Å². The van der Waals surface area contributed by atoms with Crippen LogP contribution in [0.4, 0.5) is 11.9 Å². The number of rotatable bonds is 7. The minimum absolute atomic E-state index is 0.417. The fourth-order valence-corrected chi connectivity index (χ4v) is 2.00. The molecule has 1 rings (SSSR count). The average Bonchev–Trinajstić information content (AvgIpc) is 2.37. The van der Waals surface area contributed by atoms with Gasteiger partial charge in [0.1, 0.15) is 0 Å². The van der Waals surface area contributed by atoms with Crippen LogP contribution in [-0.4, -0.2) is 33.8 Å². The van der Waals surface area contributed by atoms with E-state index < -0.39 is 0 Å². The fourth-order valence-electron chi connectivity index (χ4n) is 1.32. The predicted octanol–water partition coefficient (Wildman–Crippen LogP) is 1.51. The lowest BCUT2D eigenvalue weighted by molar-refractivity contribution is 0.783. The van der Waals surface area contributed by atoms with Crippen molar-refractivity contribution in [3.8, 4) is 0 Å². The largest absolute Gasteiger partial charge is 0.341 e. The molecule has 6 nitrogen and oxygen atoms in total. The zero-order chi connectivity index (χ0) is 12.7. The van der Waals surface area contributed by atoms with Gasteiger partial charge in [0, 0.05) is 18.8 Å². The van der Waals surface area contributed by atoms with Crippen molar-refractivity contribution in [1.29, 1.82) is 0 Å². The van der Waals surface area contributed by atoms with Crippen molar-refractivity contribution in [2.45, 2.75) is 32.3 Å². The standard InChI is InChI=1S/C10H20N6S/c1-4-7-17-10-13-8(15-11)12-9(14-10)16(5-2)6-3/h4-7,11H2,1-3H3,(H,12,13,14,15). The van der Waals surface area contributed by atoms with Crippen LogP contribution >= 0.6 is 11.8 Å². The molecule has 0 saturated heterocycles.